The summed E-state index contributed by atoms with van der Waals surface area (Å²) in [6.07, 6.45) is 2.88. The molecule has 0 spiro atoms. The van der Waals surface area contributed by atoms with E-state index in [9.17, 15) is 0 Å². The largest absolute Gasteiger partial charge is 0.395 e. The number of rotatable bonds is 2. The quantitative estimate of drug-likeness (QED) is 0.724. The fourth-order valence-corrected chi connectivity index (χ4v) is 2.42. The van der Waals surface area contributed by atoms with Gasteiger partial charge in [-0.2, -0.15) is 0 Å². The van der Waals surface area contributed by atoms with Crippen LogP contribution in [0.5, 0.6) is 0 Å². The van der Waals surface area contributed by atoms with E-state index >= 15 is 0 Å². The monoisotopic (exact) mass is 227 g/mol. The number of oxime groups is 1. The lowest BCUT2D eigenvalue weighted by Crippen LogP contribution is -2.00. The summed E-state index contributed by atoms with van der Waals surface area (Å²) >= 11 is 7.81. The molecule has 14 heavy (non-hydrogen) atoms. The molecule has 0 aromatic heterocycles. The van der Waals surface area contributed by atoms with Crippen LogP contribution in [0.3, 0.4) is 0 Å². The van der Waals surface area contributed by atoms with Crippen LogP contribution < -0.4 is 0 Å². The summed E-state index contributed by atoms with van der Waals surface area (Å²) in [5.74, 6) is 0. The molecule has 1 aliphatic heterocycles. The molecule has 0 bridgehead atoms. The minimum absolute atomic E-state index is 0.661. The van der Waals surface area contributed by atoms with Crippen molar-refractivity contribution >= 4 is 29.1 Å². The molecule has 74 valence electrons. The van der Waals surface area contributed by atoms with Crippen LogP contribution in [0.1, 0.15) is 12.0 Å². The lowest BCUT2D eigenvalue weighted by atomic mass is 10.1. The van der Waals surface area contributed by atoms with Crippen molar-refractivity contribution in [3.8, 4) is 0 Å². The maximum absolute atomic E-state index is 6.14. The Morgan fingerprint density at radius 3 is 3.00 bits per heavy atom. The third kappa shape index (κ3) is 1.74. The molecule has 1 heterocycles. The summed E-state index contributed by atoms with van der Waals surface area (Å²) in [6, 6.07) is 5.89. The molecule has 0 radical (unpaired) electrons. The predicted molar refractivity (Wildman–Crippen MR) is 60.3 cm³/mol. The van der Waals surface area contributed by atoms with Crippen LogP contribution in [-0.2, 0) is 4.84 Å². The number of benzene rings is 1. The molecule has 1 aromatic rings. The normalized spacial score (nSPS) is 15.1. The van der Waals surface area contributed by atoms with Crippen molar-refractivity contribution in [1.82, 2.24) is 0 Å². The number of hydrogen-bond acceptors (Lipinski definition) is 3. The van der Waals surface area contributed by atoms with Crippen molar-refractivity contribution in [3.63, 3.8) is 0 Å². The van der Waals surface area contributed by atoms with Gasteiger partial charge in [-0.3, -0.25) is 0 Å². The van der Waals surface area contributed by atoms with Crippen molar-refractivity contribution in [1.29, 1.82) is 0 Å². The van der Waals surface area contributed by atoms with E-state index < -0.39 is 0 Å². The highest BCUT2D eigenvalue weighted by Gasteiger charge is 2.17. The van der Waals surface area contributed by atoms with Gasteiger partial charge in [0.2, 0.25) is 0 Å². The van der Waals surface area contributed by atoms with Gasteiger partial charge in [-0.25, -0.2) is 0 Å². The third-order valence-corrected chi connectivity index (χ3v) is 3.18. The van der Waals surface area contributed by atoms with Crippen LogP contribution in [0.2, 0.25) is 5.02 Å². The summed E-state index contributed by atoms with van der Waals surface area (Å²) < 4.78 is 0. The van der Waals surface area contributed by atoms with E-state index in [0.717, 1.165) is 27.6 Å². The predicted octanol–water partition coefficient (Wildman–Crippen LogP) is 3.19. The number of nitrogens with zero attached hydrogens (tertiary/aromatic N) is 1. The molecule has 0 amide bonds. The Balaban J connectivity index is 2.48. The zero-order valence-corrected chi connectivity index (χ0v) is 9.36. The smallest absolute Gasteiger partial charge is 0.122 e. The SMILES string of the molecule is CSc1cccc(Cl)c1C1=NOCC1. The summed E-state index contributed by atoms with van der Waals surface area (Å²) in [6.45, 7) is 0.661. The van der Waals surface area contributed by atoms with Gasteiger partial charge >= 0.3 is 0 Å². The van der Waals surface area contributed by atoms with Gasteiger partial charge in [-0.05, 0) is 18.4 Å². The fourth-order valence-electron chi connectivity index (χ4n) is 1.44. The highest BCUT2D eigenvalue weighted by molar-refractivity contribution is 7.98. The zero-order chi connectivity index (χ0) is 9.97. The van der Waals surface area contributed by atoms with Crippen LogP contribution in [-0.4, -0.2) is 18.6 Å². The topological polar surface area (TPSA) is 21.6 Å². The lowest BCUT2D eigenvalue weighted by Gasteiger charge is -2.07. The molecular formula is C10H10ClNOS. The molecule has 2 rings (SSSR count). The molecule has 0 saturated carbocycles. The molecule has 0 N–H and O–H groups in total. The second kappa shape index (κ2) is 4.24. The van der Waals surface area contributed by atoms with E-state index in [-0.39, 0.29) is 0 Å². The Kier molecular flexibility index (Phi) is 2.99. The van der Waals surface area contributed by atoms with Gasteiger partial charge in [-0.1, -0.05) is 22.8 Å². The van der Waals surface area contributed by atoms with Crippen LogP contribution in [0.25, 0.3) is 0 Å². The lowest BCUT2D eigenvalue weighted by molar-refractivity contribution is 0.174. The molecule has 0 aliphatic carbocycles. The van der Waals surface area contributed by atoms with E-state index in [4.69, 9.17) is 16.4 Å². The van der Waals surface area contributed by atoms with Crippen LogP contribution >= 0.6 is 23.4 Å². The number of hydrogen-bond donors (Lipinski definition) is 0. The van der Waals surface area contributed by atoms with Gasteiger partial charge < -0.3 is 4.84 Å². The molecule has 0 saturated heterocycles. The van der Waals surface area contributed by atoms with E-state index in [2.05, 4.69) is 5.16 Å². The Morgan fingerprint density at radius 1 is 1.50 bits per heavy atom. The van der Waals surface area contributed by atoms with Gasteiger partial charge in [-0.15, -0.1) is 11.8 Å². The molecule has 0 unspecified atom stereocenters. The Bertz CT molecular complexity index is 378. The first kappa shape index (κ1) is 9.87. The summed E-state index contributed by atoms with van der Waals surface area (Å²) in [4.78, 5) is 6.14. The van der Waals surface area contributed by atoms with Gasteiger partial charge in [0.1, 0.15) is 6.61 Å². The van der Waals surface area contributed by atoms with Crippen LogP contribution in [0.4, 0.5) is 0 Å². The molecule has 1 aliphatic rings. The second-order valence-electron chi connectivity index (χ2n) is 2.94. The maximum atomic E-state index is 6.14. The second-order valence-corrected chi connectivity index (χ2v) is 4.19. The Hall–Kier alpha value is -0.670. The highest BCUT2D eigenvalue weighted by atomic mass is 35.5. The first-order chi connectivity index (χ1) is 6.83. The van der Waals surface area contributed by atoms with Crippen molar-refractivity contribution < 1.29 is 4.84 Å². The van der Waals surface area contributed by atoms with Gasteiger partial charge in [0.25, 0.3) is 0 Å². The molecule has 0 fully saturated rings. The Labute approximate surface area is 92.3 Å². The Morgan fingerprint density at radius 2 is 2.36 bits per heavy atom. The first-order valence-electron chi connectivity index (χ1n) is 4.34. The summed E-state index contributed by atoms with van der Waals surface area (Å²) in [5.41, 5.74) is 1.99. The molecule has 1 aromatic carbocycles. The van der Waals surface area contributed by atoms with Crippen molar-refractivity contribution in [2.75, 3.05) is 12.9 Å². The molecule has 4 heteroatoms. The summed E-state index contributed by atoms with van der Waals surface area (Å²) in [7, 11) is 0. The van der Waals surface area contributed by atoms with E-state index in [1.54, 1.807) is 11.8 Å². The van der Waals surface area contributed by atoms with E-state index in [1.165, 1.54) is 0 Å². The average Bonchev–Trinajstić information content (AvgIpc) is 2.70. The summed E-state index contributed by atoms with van der Waals surface area (Å²) in [5, 5.41) is 4.75. The minimum Gasteiger partial charge on any atom is -0.395 e. The first-order valence-corrected chi connectivity index (χ1v) is 5.95. The zero-order valence-electron chi connectivity index (χ0n) is 7.79. The van der Waals surface area contributed by atoms with E-state index in [1.807, 2.05) is 24.5 Å². The number of halogens is 1. The maximum Gasteiger partial charge on any atom is 0.122 e. The van der Waals surface area contributed by atoms with Crippen molar-refractivity contribution in [2.24, 2.45) is 5.16 Å². The third-order valence-electron chi connectivity index (χ3n) is 2.09. The fraction of sp³-hybridized carbons (Fsp3) is 0.300. The van der Waals surface area contributed by atoms with Crippen LogP contribution in [0.15, 0.2) is 28.3 Å². The molecule has 2 nitrogen and oxygen atoms in total. The minimum atomic E-state index is 0.661. The number of thioether (sulfide) groups is 1. The van der Waals surface area contributed by atoms with Crippen LogP contribution in [0, 0.1) is 0 Å². The van der Waals surface area contributed by atoms with Crippen molar-refractivity contribution in [3.05, 3.63) is 28.8 Å². The highest BCUT2D eigenvalue weighted by Crippen LogP contribution is 2.29. The standard InChI is InChI=1S/C10H10ClNOS/c1-14-9-4-2-3-7(11)10(9)8-5-6-13-12-8/h2-4H,5-6H2,1H3. The van der Waals surface area contributed by atoms with Gasteiger partial charge in [0.05, 0.1) is 10.7 Å². The molecular weight excluding hydrogens is 218 g/mol. The van der Waals surface area contributed by atoms with Gasteiger partial charge in [0, 0.05) is 16.9 Å². The van der Waals surface area contributed by atoms with Crippen molar-refractivity contribution in [2.45, 2.75) is 11.3 Å². The van der Waals surface area contributed by atoms with Gasteiger partial charge in [0.15, 0.2) is 0 Å². The van der Waals surface area contributed by atoms with E-state index in [0.29, 0.717) is 6.61 Å². The molecule has 0 atom stereocenters. The average molecular weight is 228 g/mol.